The molecule has 1 atom stereocenters. The summed E-state index contributed by atoms with van der Waals surface area (Å²) in [6.45, 7) is 22.3. The van der Waals surface area contributed by atoms with E-state index < -0.39 is 19.9 Å². The van der Waals surface area contributed by atoms with Crippen molar-refractivity contribution in [2.75, 3.05) is 38.5 Å². The third-order valence-corrected chi connectivity index (χ3v) is 10.3. The van der Waals surface area contributed by atoms with E-state index in [0.717, 1.165) is 81.0 Å². The van der Waals surface area contributed by atoms with E-state index in [4.69, 9.17) is 4.74 Å². The first-order valence-corrected chi connectivity index (χ1v) is 18.2. The van der Waals surface area contributed by atoms with Crippen LogP contribution >= 0.6 is 7.92 Å². The molecule has 1 saturated heterocycles. The fourth-order valence-electron chi connectivity index (χ4n) is 6.01. The Kier molecular flexibility index (Phi) is 13.6. The third-order valence-electron chi connectivity index (χ3n) is 8.10. The van der Waals surface area contributed by atoms with Crippen LogP contribution in [0.25, 0.3) is 0 Å². The molecule has 1 aliphatic carbocycles. The first-order chi connectivity index (χ1) is 21.4. The van der Waals surface area contributed by atoms with E-state index in [2.05, 4.69) is 67.0 Å². The standard InChI is InChI=1S/C37H54F3N2O3P/c1-9-41(33(30-14-12-10-11-13-15-30)31-16-18-32(19-17-31)44-37(38,39)40)22-23-42(27-35(3,4)5)28(2)26-29-20-24-46(25-21-29)34(43)45-36(6,7)8/h10-12,14-19,29,33H,2,9,13,20-27H2,1,3-8H3. The molecule has 1 aromatic carbocycles. The fourth-order valence-corrected chi connectivity index (χ4v) is 8.36. The lowest BCUT2D eigenvalue weighted by Crippen LogP contribution is -2.40. The van der Waals surface area contributed by atoms with Gasteiger partial charge in [0.2, 0.25) is 0 Å². The molecule has 1 aromatic rings. The van der Waals surface area contributed by atoms with Crippen molar-refractivity contribution < 1.29 is 27.4 Å². The maximum atomic E-state index is 12.8. The zero-order chi connectivity index (χ0) is 34.1. The van der Waals surface area contributed by atoms with Gasteiger partial charge in [-0.25, -0.2) is 4.79 Å². The smallest absolute Gasteiger partial charge is 0.457 e. The summed E-state index contributed by atoms with van der Waals surface area (Å²) >= 11 is 0. The van der Waals surface area contributed by atoms with E-state index in [1.807, 2.05) is 32.9 Å². The van der Waals surface area contributed by atoms with Crippen LogP contribution in [0.5, 0.6) is 5.75 Å². The molecule has 0 aromatic heterocycles. The van der Waals surface area contributed by atoms with Gasteiger partial charge in [-0.05, 0) is 99.9 Å². The van der Waals surface area contributed by atoms with E-state index in [-0.39, 0.29) is 22.9 Å². The number of carbonyl (C=O) groups excluding carboxylic acids is 1. The summed E-state index contributed by atoms with van der Waals surface area (Å²) in [7, 11) is -0.741. The third kappa shape index (κ3) is 12.9. The van der Waals surface area contributed by atoms with Gasteiger partial charge in [-0.15, -0.1) is 13.2 Å². The molecule has 2 aliphatic rings. The number of rotatable bonds is 13. The molecule has 256 valence electrons. The number of hydrogen-bond donors (Lipinski definition) is 0. The summed E-state index contributed by atoms with van der Waals surface area (Å²) in [5.74, 6) is 0.275. The molecule has 1 fully saturated rings. The van der Waals surface area contributed by atoms with Gasteiger partial charge in [-0.2, -0.15) is 0 Å². The number of likely N-dealkylation sites (N-methyl/N-ethyl adjacent to an activating group) is 1. The van der Waals surface area contributed by atoms with E-state index in [9.17, 15) is 18.0 Å². The van der Waals surface area contributed by atoms with Gasteiger partial charge in [-0.1, -0.05) is 76.8 Å². The largest absolute Gasteiger partial charge is 0.573 e. The van der Waals surface area contributed by atoms with Crippen molar-refractivity contribution in [3.05, 3.63) is 78.1 Å². The Morgan fingerprint density at radius 3 is 2.24 bits per heavy atom. The summed E-state index contributed by atoms with van der Waals surface area (Å²) < 4.78 is 48.4. The maximum Gasteiger partial charge on any atom is 0.573 e. The molecule has 1 heterocycles. The second-order valence-corrected chi connectivity index (χ2v) is 16.9. The second kappa shape index (κ2) is 16.5. The minimum absolute atomic E-state index is 0.0136. The summed E-state index contributed by atoms with van der Waals surface area (Å²) in [5, 5.41) is 0. The van der Waals surface area contributed by atoms with E-state index >= 15 is 0 Å². The Bertz CT molecular complexity index is 1230. The summed E-state index contributed by atoms with van der Waals surface area (Å²) in [5.41, 5.74) is 2.75. The molecule has 1 unspecified atom stereocenters. The molecule has 1 aliphatic heterocycles. The van der Waals surface area contributed by atoms with E-state index in [1.54, 1.807) is 12.1 Å². The highest BCUT2D eigenvalue weighted by Gasteiger charge is 2.32. The van der Waals surface area contributed by atoms with Gasteiger partial charge in [-0.3, -0.25) is 4.90 Å². The van der Waals surface area contributed by atoms with Crippen LogP contribution in [0.3, 0.4) is 0 Å². The van der Waals surface area contributed by atoms with Crippen molar-refractivity contribution in [3.63, 3.8) is 0 Å². The summed E-state index contributed by atoms with van der Waals surface area (Å²) in [6, 6.07) is 6.15. The number of hydrogen-bond acceptors (Lipinski definition) is 5. The molecule has 0 radical (unpaired) electrons. The highest BCUT2D eigenvalue weighted by molar-refractivity contribution is 7.74. The molecule has 46 heavy (non-hydrogen) atoms. The number of ether oxygens (including phenoxy) is 2. The van der Waals surface area contributed by atoms with Crippen LogP contribution in [-0.4, -0.2) is 66.0 Å². The SMILES string of the molecule is C=C(CC1CCP(C(=O)OC(C)(C)C)CC1)N(CCN(CC)C(C1=CCC=CC=C1)c1ccc(OC(F)(F)F)cc1)CC(C)(C)C. The number of benzene rings is 1. The van der Waals surface area contributed by atoms with Gasteiger partial charge in [0.25, 0.3) is 0 Å². The molecule has 0 N–H and O–H groups in total. The van der Waals surface area contributed by atoms with E-state index in [1.165, 1.54) is 12.1 Å². The van der Waals surface area contributed by atoms with Gasteiger partial charge >= 0.3 is 12.1 Å². The molecule has 0 saturated carbocycles. The summed E-state index contributed by atoms with van der Waals surface area (Å²) in [6.07, 6.45) is 11.2. The quantitative estimate of drug-likeness (QED) is 0.197. The number of alkyl halides is 3. The normalized spacial score (nSPS) is 19.8. The average molecular weight is 663 g/mol. The average Bonchev–Trinajstić information content (AvgIpc) is 3.22. The summed E-state index contributed by atoms with van der Waals surface area (Å²) in [4.78, 5) is 17.5. The Balaban J connectivity index is 1.74. The topological polar surface area (TPSA) is 42.0 Å². The van der Waals surface area contributed by atoms with Gasteiger partial charge in [0, 0.05) is 33.3 Å². The van der Waals surface area contributed by atoms with Crippen molar-refractivity contribution in [1.29, 1.82) is 0 Å². The molecule has 0 spiro atoms. The zero-order valence-electron chi connectivity index (χ0n) is 28.8. The lowest BCUT2D eigenvalue weighted by Gasteiger charge is -2.39. The maximum absolute atomic E-state index is 12.8. The van der Waals surface area contributed by atoms with Gasteiger partial charge < -0.3 is 14.4 Å². The minimum atomic E-state index is -4.73. The fraction of sp³-hybridized carbons (Fsp3) is 0.595. The van der Waals surface area contributed by atoms with Gasteiger partial charge in [0.15, 0.2) is 0 Å². The van der Waals surface area contributed by atoms with Gasteiger partial charge in [0.1, 0.15) is 11.4 Å². The molecule has 5 nitrogen and oxygen atoms in total. The minimum Gasteiger partial charge on any atom is -0.457 e. The number of nitrogens with zero attached hydrogens (tertiary/aromatic N) is 2. The lowest BCUT2D eigenvalue weighted by molar-refractivity contribution is -0.274. The number of allylic oxidation sites excluding steroid dienone is 5. The zero-order valence-corrected chi connectivity index (χ0v) is 29.7. The molecule has 0 bridgehead atoms. The Labute approximate surface area is 276 Å². The molecule has 3 rings (SSSR count). The van der Waals surface area contributed by atoms with Crippen molar-refractivity contribution in [3.8, 4) is 5.75 Å². The number of carbonyl (C=O) groups is 1. The van der Waals surface area contributed by atoms with Crippen LogP contribution in [0.2, 0.25) is 0 Å². The van der Waals surface area contributed by atoms with Crippen molar-refractivity contribution in [1.82, 2.24) is 9.80 Å². The van der Waals surface area contributed by atoms with Crippen LogP contribution in [-0.2, 0) is 4.74 Å². The Morgan fingerprint density at radius 2 is 1.67 bits per heavy atom. The Hall–Kier alpha value is -2.57. The second-order valence-electron chi connectivity index (χ2n) is 14.5. The molecular formula is C37H54F3N2O3P. The van der Waals surface area contributed by atoms with Crippen molar-refractivity contribution >= 4 is 13.6 Å². The first-order valence-electron chi connectivity index (χ1n) is 16.5. The van der Waals surface area contributed by atoms with Crippen LogP contribution in [0, 0.1) is 11.3 Å². The molecular weight excluding hydrogens is 608 g/mol. The predicted molar refractivity (Wildman–Crippen MR) is 184 cm³/mol. The van der Waals surface area contributed by atoms with Crippen LogP contribution in [0.4, 0.5) is 18.0 Å². The van der Waals surface area contributed by atoms with Crippen LogP contribution in [0.1, 0.15) is 85.8 Å². The van der Waals surface area contributed by atoms with Crippen molar-refractivity contribution in [2.45, 2.75) is 92.2 Å². The molecule has 9 heteroatoms. The van der Waals surface area contributed by atoms with Gasteiger partial charge in [0.05, 0.1) is 6.04 Å². The number of halogens is 3. The van der Waals surface area contributed by atoms with Crippen molar-refractivity contribution in [2.24, 2.45) is 11.3 Å². The highest BCUT2D eigenvalue weighted by atomic mass is 31.1. The lowest BCUT2D eigenvalue weighted by atomic mass is 9.93. The molecule has 0 amide bonds. The van der Waals surface area contributed by atoms with Crippen LogP contribution < -0.4 is 4.74 Å². The Morgan fingerprint density at radius 1 is 1.02 bits per heavy atom. The predicted octanol–water partition coefficient (Wildman–Crippen LogP) is 10.5. The van der Waals surface area contributed by atoms with Crippen LogP contribution in [0.15, 0.2) is 72.5 Å². The highest BCUT2D eigenvalue weighted by Crippen LogP contribution is 2.47. The van der Waals surface area contributed by atoms with E-state index in [0.29, 0.717) is 5.92 Å². The first kappa shape index (κ1) is 37.9. The monoisotopic (exact) mass is 662 g/mol.